The van der Waals surface area contributed by atoms with Crippen molar-refractivity contribution >= 4 is 5.91 Å². The molecule has 1 saturated carbocycles. The van der Waals surface area contributed by atoms with Gasteiger partial charge in [-0.15, -0.1) is 0 Å². The monoisotopic (exact) mass is 234 g/mol. The van der Waals surface area contributed by atoms with Crippen LogP contribution in [0.5, 0.6) is 0 Å². The van der Waals surface area contributed by atoms with Gasteiger partial charge in [-0.05, 0) is 24.8 Å². The molecular weight excluding hydrogens is 216 g/mol. The van der Waals surface area contributed by atoms with Crippen molar-refractivity contribution in [3.05, 3.63) is 35.9 Å². The Labute approximate surface area is 101 Å². The highest BCUT2D eigenvalue weighted by Crippen LogP contribution is 2.34. The molecule has 1 aromatic carbocycles. The van der Waals surface area contributed by atoms with Gasteiger partial charge in [0.2, 0.25) is 5.91 Å². The predicted molar refractivity (Wildman–Crippen MR) is 65.3 cm³/mol. The fourth-order valence-corrected chi connectivity index (χ4v) is 1.79. The zero-order valence-electron chi connectivity index (χ0n) is 9.73. The lowest BCUT2D eigenvalue weighted by Gasteiger charge is -2.18. The Kier molecular flexibility index (Phi) is 3.45. The smallest absolute Gasteiger partial charge is 0.237 e. The number of hydrogen-bond acceptors (Lipinski definition) is 3. The van der Waals surface area contributed by atoms with E-state index in [2.05, 4.69) is 5.32 Å². The normalized spacial score (nSPS) is 18.5. The van der Waals surface area contributed by atoms with E-state index in [1.165, 1.54) is 0 Å². The summed E-state index contributed by atoms with van der Waals surface area (Å²) >= 11 is 0. The van der Waals surface area contributed by atoms with Crippen LogP contribution in [0.15, 0.2) is 30.3 Å². The molecule has 0 bridgehead atoms. The summed E-state index contributed by atoms with van der Waals surface area (Å²) in [6.07, 6.45) is 2.20. The van der Waals surface area contributed by atoms with E-state index in [0.29, 0.717) is 6.42 Å². The summed E-state index contributed by atoms with van der Waals surface area (Å²) in [6, 6.07) is 9.13. The highest BCUT2D eigenvalue weighted by Gasteiger charge is 2.43. The van der Waals surface area contributed by atoms with Crippen molar-refractivity contribution in [3.63, 3.8) is 0 Å². The van der Waals surface area contributed by atoms with E-state index < -0.39 is 6.04 Å². The van der Waals surface area contributed by atoms with E-state index in [1.54, 1.807) is 0 Å². The van der Waals surface area contributed by atoms with E-state index in [9.17, 15) is 4.79 Å². The molecule has 1 atom stereocenters. The van der Waals surface area contributed by atoms with E-state index in [-0.39, 0.29) is 18.1 Å². The molecule has 17 heavy (non-hydrogen) atoms. The minimum Gasteiger partial charge on any atom is -0.394 e. The number of carbonyl (C=O) groups excluding carboxylic acids is 1. The quantitative estimate of drug-likeness (QED) is 0.681. The first-order valence-electron chi connectivity index (χ1n) is 5.88. The zero-order chi connectivity index (χ0) is 12.3. The van der Waals surface area contributed by atoms with Gasteiger partial charge in [0.15, 0.2) is 0 Å². The molecule has 1 aliphatic rings. The Balaban J connectivity index is 1.87. The fraction of sp³-hybridized carbons (Fsp3) is 0.462. The lowest BCUT2D eigenvalue weighted by atomic mass is 10.1. The number of benzene rings is 1. The first kappa shape index (κ1) is 12.1. The zero-order valence-corrected chi connectivity index (χ0v) is 9.73. The number of carbonyl (C=O) groups is 1. The van der Waals surface area contributed by atoms with Gasteiger partial charge in [0.25, 0.3) is 0 Å². The average molecular weight is 234 g/mol. The molecule has 0 aromatic heterocycles. The van der Waals surface area contributed by atoms with Crippen LogP contribution < -0.4 is 11.1 Å². The van der Waals surface area contributed by atoms with Crippen LogP contribution >= 0.6 is 0 Å². The Hall–Kier alpha value is -1.39. The van der Waals surface area contributed by atoms with Crippen molar-refractivity contribution in [2.75, 3.05) is 6.61 Å². The molecule has 1 aliphatic carbocycles. The number of hydrogen-bond donors (Lipinski definition) is 3. The largest absolute Gasteiger partial charge is 0.394 e. The van der Waals surface area contributed by atoms with E-state index in [0.717, 1.165) is 18.4 Å². The van der Waals surface area contributed by atoms with Crippen LogP contribution in [0.1, 0.15) is 18.4 Å². The number of nitrogens with two attached hydrogens (primary N) is 1. The molecule has 4 nitrogen and oxygen atoms in total. The first-order chi connectivity index (χ1) is 8.15. The molecule has 92 valence electrons. The second kappa shape index (κ2) is 4.85. The summed E-state index contributed by atoms with van der Waals surface area (Å²) in [4.78, 5) is 11.8. The molecular formula is C13H18N2O2. The van der Waals surface area contributed by atoms with Crippen LogP contribution in [0, 0.1) is 0 Å². The Bertz CT molecular complexity index is 388. The van der Waals surface area contributed by atoms with Crippen LogP contribution in [-0.2, 0) is 11.2 Å². The van der Waals surface area contributed by atoms with Gasteiger partial charge in [-0.2, -0.15) is 0 Å². The topological polar surface area (TPSA) is 75.4 Å². The van der Waals surface area contributed by atoms with Gasteiger partial charge in [0, 0.05) is 0 Å². The van der Waals surface area contributed by atoms with Crippen molar-refractivity contribution in [1.29, 1.82) is 0 Å². The lowest BCUT2D eigenvalue weighted by Crippen LogP contribution is -2.49. The average Bonchev–Trinajstić information content (AvgIpc) is 3.11. The van der Waals surface area contributed by atoms with Gasteiger partial charge >= 0.3 is 0 Å². The summed E-state index contributed by atoms with van der Waals surface area (Å²) in [5.41, 5.74) is 6.51. The molecule has 0 aliphatic heterocycles. The first-order valence-corrected chi connectivity index (χ1v) is 5.88. The van der Waals surface area contributed by atoms with Crippen molar-refractivity contribution in [2.45, 2.75) is 30.8 Å². The Morgan fingerprint density at radius 1 is 1.41 bits per heavy atom. The third-order valence-electron chi connectivity index (χ3n) is 3.18. The van der Waals surface area contributed by atoms with Crippen LogP contribution in [0.4, 0.5) is 0 Å². The van der Waals surface area contributed by atoms with Crippen LogP contribution in [0.3, 0.4) is 0 Å². The van der Waals surface area contributed by atoms with Crippen molar-refractivity contribution in [2.24, 2.45) is 5.73 Å². The Morgan fingerprint density at radius 2 is 2.06 bits per heavy atom. The molecule has 4 N–H and O–H groups in total. The maximum Gasteiger partial charge on any atom is 0.237 e. The van der Waals surface area contributed by atoms with Gasteiger partial charge in [0.05, 0.1) is 18.2 Å². The fourth-order valence-electron chi connectivity index (χ4n) is 1.79. The highest BCUT2D eigenvalue weighted by molar-refractivity contribution is 5.83. The predicted octanol–water partition coefficient (Wildman–Crippen LogP) is 0.197. The number of aliphatic hydroxyl groups is 1. The maximum atomic E-state index is 11.8. The molecule has 4 heteroatoms. The molecule has 2 rings (SSSR count). The maximum absolute atomic E-state index is 11.8. The van der Waals surface area contributed by atoms with Crippen molar-refractivity contribution < 1.29 is 9.90 Å². The number of nitrogens with one attached hydrogen (secondary N) is 1. The summed E-state index contributed by atoms with van der Waals surface area (Å²) in [6.45, 7) is -0.00318. The summed E-state index contributed by atoms with van der Waals surface area (Å²) in [5, 5.41) is 11.9. The van der Waals surface area contributed by atoms with Crippen LogP contribution in [0.25, 0.3) is 0 Å². The summed E-state index contributed by atoms with van der Waals surface area (Å²) in [7, 11) is 0. The minimum absolute atomic E-state index is 0.00318. The minimum atomic E-state index is -0.554. The second-order valence-electron chi connectivity index (χ2n) is 4.72. The van der Waals surface area contributed by atoms with Gasteiger partial charge in [-0.25, -0.2) is 0 Å². The SMILES string of the molecule is N[C@H](Cc1ccccc1)C(=O)NC1(CO)CC1. The molecule has 1 aromatic rings. The lowest BCUT2D eigenvalue weighted by molar-refractivity contribution is -0.123. The highest BCUT2D eigenvalue weighted by atomic mass is 16.3. The third kappa shape index (κ3) is 3.05. The number of rotatable bonds is 5. The number of amides is 1. The molecule has 0 radical (unpaired) electrons. The molecule has 1 fully saturated rings. The molecule has 1 amide bonds. The third-order valence-corrected chi connectivity index (χ3v) is 3.18. The second-order valence-corrected chi connectivity index (χ2v) is 4.72. The van der Waals surface area contributed by atoms with Gasteiger partial charge < -0.3 is 16.2 Å². The van der Waals surface area contributed by atoms with Crippen molar-refractivity contribution in [1.82, 2.24) is 5.32 Å². The standard InChI is InChI=1S/C13H18N2O2/c14-11(8-10-4-2-1-3-5-10)12(17)15-13(9-16)6-7-13/h1-5,11,16H,6-9,14H2,(H,15,17)/t11-/m1/s1. The van der Waals surface area contributed by atoms with Crippen LogP contribution in [0.2, 0.25) is 0 Å². The van der Waals surface area contributed by atoms with Crippen molar-refractivity contribution in [3.8, 4) is 0 Å². The van der Waals surface area contributed by atoms with Gasteiger partial charge in [-0.1, -0.05) is 30.3 Å². The molecule has 0 heterocycles. The van der Waals surface area contributed by atoms with Gasteiger partial charge in [0.1, 0.15) is 0 Å². The molecule has 0 saturated heterocycles. The Morgan fingerprint density at radius 3 is 2.59 bits per heavy atom. The summed E-state index contributed by atoms with van der Waals surface area (Å²) in [5.74, 6) is -0.180. The van der Waals surface area contributed by atoms with E-state index in [1.807, 2.05) is 30.3 Å². The molecule has 0 unspecified atom stereocenters. The van der Waals surface area contributed by atoms with E-state index >= 15 is 0 Å². The number of aliphatic hydroxyl groups excluding tert-OH is 1. The summed E-state index contributed by atoms with van der Waals surface area (Å²) < 4.78 is 0. The van der Waals surface area contributed by atoms with Gasteiger partial charge in [-0.3, -0.25) is 4.79 Å². The van der Waals surface area contributed by atoms with Crippen LogP contribution in [-0.4, -0.2) is 29.2 Å². The molecule has 0 spiro atoms. The van der Waals surface area contributed by atoms with E-state index in [4.69, 9.17) is 10.8 Å².